The third-order valence-corrected chi connectivity index (χ3v) is 2.23. The van der Waals surface area contributed by atoms with Crippen molar-refractivity contribution in [3.05, 3.63) is 12.0 Å². The van der Waals surface area contributed by atoms with Crippen LogP contribution in [0.25, 0.3) is 0 Å². The molecule has 0 aliphatic rings. The van der Waals surface area contributed by atoms with Gasteiger partial charge in [-0.15, -0.1) is 0 Å². The Kier molecular flexibility index (Phi) is 4.35. The first-order chi connectivity index (χ1) is 7.42. The molecule has 0 aliphatic heterocycles. The first-order valence-corrected chi connectivity index (χ1v) is 5.83. The lowest BCUT2D eigenvalue weighted by molar-refractivity contribution is 0.421. The van der Waals surface area contributed by atoms with E-state index in [1.165, 1.54) is 0 Å². The summed E-state index contributed by atoms with van der Waals surface area (Å²) in [5.74, 6) is 0. The fraction of sp³-hybridized carbons (Fsp3) is 0.750. The number of rotatable bonds is 5. The van der Waals surface area contributed by atoms with Crippen LogP contribution in [0.5, 0.6) is 0 Å². The van der Waals surface area contributed by atoms with Crippen molar-refractivity contribution in [3.63, 3.8) is 0 Å². The van der Waals surface area contributed by atoms with E-state index < -0.39 is 0 Å². The molecule has 0 atom stereocenters. The van der Waals surface area contributed by atoms with Gasteiger partial charge in [0.05, 0.1) is 5.69 Å². The van der Waals surface area contributed by atoms with E-state index in [9.17, 15) is 0 Å². The Morgan fingerprint density at radius 1 is 1.44 bits per heavy atom. The van der Waals surface area contributed by atoms with E-state index in [0.717, 1.165) is 25.2 Å². The molecule has 16 heavy (non-hydrogen) atoms. The number of hydrogen-bond donors (Lipinski definition) is 1. The highest BCUT2D eigenvalue weighted by Crippen LogP contribution is 2.12. The summed E-state index contributed by atoms with van der Waals surface area (Å²) in [4.78, 5) is 6.46. The van der Waals surface area contributed by atoms with Gasteiger partial charge in [-0.1, -0.05) is 6.92 Å². The molecule has 0 amide bonds. The van der Waals surface area contributed by atoms with Gasteiger partial charge in [0.15, 0.2) is 0 Å². The smallest absolute Gasteiger partial charge is 0.297 e. The van der Waals surface area contributed by atoms with Crippen molar-refractivity contribution in [2.24, 2.45) is 0 Å². The molecule has 1 N–H and O–H groups in total. The predicted octanol–water partition coefficient (Wildman–Crippen LogP) is 2.41. The van der Waals surface area contributed by atoms with Crippen molar-refractivity contribution < 1.29 is 4.42 Å². The van der Waals surface area contributed by atoms with Gasteiger partial charge >= 0.3 is 0 Å². The topological polar surface area (TPSA) is 41.3 Å². The van der Waals surface area contributed by atoms with E-state index in [-0.39, 0.29) is 5.54 Å². The van der Waals surface area contributed by atoms with Gasteiger partial charge in [0.25, 0.3) is 6.01 Å². The number of anilines is 1. The first kappa shape index (κ1) is 13.0. The Labute approximate surface area is 98.0 Å². The minimum Gasteiger partial charge on any atom is -0.432 e. The average molecular weight is 225 g/mol. The Balaban J connectivity index is 2.51. The van der Waals surface area contributed by atoms with Gasteiger partial charge < -0.3 is 14.6 Å². The van der Waals surface area contributed by atoms with Gasteiger partial charge in [-0.25, -0.2) is 0 Å². The van der Waals surface area contributed by atoms with Gasteiger partial charge in [-0.05, 0) is 27.2 Å². The zero-order valence-electron chi connectivity index (χ0n) is 11.0. The highest BCUT2D eigenvalue weighted by molar-refractivity contribution is 5.24. The summed E-state index contributed by atoms with van der Waals surface area (Å²) in [5, 5.41) is 3.38. The fourth-order valence-electron chi connectivity index (χ4n) is 1.34. The van der Waals surface area contributed by atoms with Crippen LogP contribution in [0.1, 0.15) is 39.8 Å². The Hall–Kier alpha value is -1.03. The van der Waals surface area contributed by atoms with E-state index in [2.05, 4.69) is 38.0 Å². The summed E-state index contributed by atoms with van der Waals surface area (Å²) in [7, 11) is 2.00. The molecule has 4 nitrogen and oxygen atoms in total. The van der Waals surface area contributed by atoms with Crippen LogP contribution in [-0.4, -0.2) is 24.1 Å². The third-order valence-electron chi connectivity index (χ3n) is 2.23. The van der Waals surface area contributed by atoms with Crippen molar-refractivity contribution in [3.8, 4) is 0 Å². The van der Waals surface area contributed by atoms with Crippen molar-refractivity contribution in [1.82, 2.24) is 10.3 Å². The van der Waals surface area contributed by atoms with Crippen molar-refractivity contribution >= 4 is 6.01 Å². The van der Waals surface area contributed by atoms with Crippen molar-refractivity contribution in [1.29, 1.82) is 0 Å². The molecular formula is C12H23N3O. The van der Waals surface area contributed by atoms with Crippen LogP contribution in [0, 0.1) is 0 Å². The van der Waals surface area contributed by atoms with Crippen LogP contribution >= 0.6 is 0 Å². The van der Waals surface area contributed by atoms with Crippen LogP contribution in [0.4, 0.5) is 6.01 Å². The lowest BCUT2D eigenvalue weighted by Gasteiger charge is -2.19. The molecule has 92 valence electrons. The second-order valence-electron chi connectivity index (χ2n) is 5.15. The maximum atomic E-state index is 5.42. The van der Waals surface area contributed by atoms with Gasteiger partial charge in [0, 0.05) is 25.7 Å². The molecule has 0 aliphatic carbocycles. The molecule has 0 saturated carbocycles. The lowest BCUT2D eigenvalue weighted by atomic mass is 10.1. The normalized spacial score (nSPS) is 11.8. The maximum absolute atomic E-state index is 5.42. The Morgan fingerprint density at radius 2 is 2.12 bits per heavy atom. The van der Waals surface area contributed by atoms with E-state index in [1.807, 2.05) is 11.9 Å². The SMILES string of the molecule is CCCN(C)c1nc(CNC(C)(C)C)co1. The van der Waals surface area contributed by atoms with Crippen LogP contribution in [0.3, 0.4) is 0 Å². The number of nitrogens with zero attached hydrogens (tertiary/aromatic N) is 2. The summed E-state index contributed by atoms with van der Waals surface area (Å²) in [6.45, 7) is 10.3. The molecule has 0 aromatic carbocycles. The summed E-state index contributed by atoms with van der Waals surface area (Å²) in [5.41, 5.74) is 1.06. The lowest BCUT2D eigenvalue weighted by Crippen LogP contribution is -2.35. The molecule has 0 bridgehead atoms. The number of nitrogens with one attached hydrogen (secondary N) is 1. The summed E-state index contributed by atoms with van der Waals surface area (Å²) < 4.78 is 5.42. The van der Waals surface area contributed by atoms with E-state index in [1.54, 1.807) is 6.26 Å². The predicted molar refractivity (Wildman–Crippen MR) is 66.7 cm³/mol. The summed E-state index contributed by atoms with van der Waals surface area (Å²) in [6.07, 6.45) is 2.81. The molecule has 0 radical (unpaired) electrons. The average Bonchev–Trinajstić information content (AvgIpc) is 2.62. The van der Waals surface area contributed by atoms with Crippen molar-refractivity contribution in [2.45, 2.75) is 46.2 Å². The Morgan fingerprint density at radius 3 is 2.69 bits per heavy atom. The van der Waals surface area contributed by atoms with E-state index in [0.29, 0.717) is 6.01 Å². The number of hydrogen-bond acceptors (Lipinski definition) is 4. The van der Waals surface area contributed by atoms with E-state index in [4.69, 9.17) is 4.42 Å². The molecule has 1 aromatic rings. The van der Waals surface area contributed by atoms with Crippen molar-refractivity contribution in [2.75, 3.05) is 18.5 Å². The molecule has 1 heterocycles. The van der Waals surface area contributed by atoms with Crippen LogP contribution < -0.4 is 10.2 Å². The molecule has 1 aromatic heterocycles. The van der Waals surface area contributed by atoms with Gasteiger partial charge in [-0.2, -0.15) is 4.98 Å². The molecule has 0 spiro atoms. The number of oxazole rings is 1. The first-order valence-electron chi connectivity index (χ1n) is 5.83. The van der Waals surface area contributed by atoms with Gasteiger partial charge in [0.1, 0.15) is 6.26 Å². The minimum atomic E-state index is 0.106. The molecule has 0 fully saturated rings. The molecular weight excluding hydrogens is 202 g/mol. The molecule has 4 heteroatoms. The largest absolute Gasteiger partial charge is 0.432 e. The zero-order chi connectivity index (χ0) is 12.2. The highest BCUT2D eigenvalue weighted by atomic mass is 16.4. The zero-order valence-corrected chi connectivity index (χ0v) is 11.0. The summed E-state index contributed by atoms with van der Waals surface area (Å²) in [6, 6.07) is 0.701. The maximum Gasteiger partial charge on any atom is 0.297 e. The minimum absolute atomic E-state index is 0.106. The quantitative estimate of drug-likeness (QED) is 0.835. The number of aromatic nitrogens is 1. The molecule has 0 saturated heterocycles. The van der Waals surface area contributed by atoms with Crippen LogP contribution in [0.2, 0.25) is 0 Å². The van der Waals surface area contributed by atoms with Crippen LogP contribution in [-0.2, 0) is 6.54 Å². The Bertz CT molecular complexity index is 314. The highest BCUT2D eigenvalue weighted by Gasteiger charge is 2.12. The summed E-state index contributed by atoms with van der Waals surface area (Å²) >= 11 is 0. The fourth-order valence-corrected chi connectivity index (χ4v) is 1.34. The standard InChI is InChI=1S/C12H23N3O/c1-6-7-15(5)11-14-10(9-16-11)8-13-12(2,3)4/h9,13H,6-8H2,1-5H3. The van der Waals surface area contributed by atoms with Gasteiger partial charge in [-0.3, -0.25) is 0 Å². The van der Waals surface area contributed by atoms with Crippen LogP contribution in [0.15, 0.2) is 10.7 Å². The monoisotopic (exact) mass is 225 g/mol. The van der Waals surface area contributed by atoms with Gasteiger partial charge in [0.2, 0.25) is 0 Å². The second-order valence-corrected chi connectivity index (χ2v) is 5.15. The molecule has 0 unspecified atom stereocenters. The third kappa shape index (κ3) is 4.23. The second kappa shape index (κ2) is 5.34. The van der Waals surface area contributed by atoms with E-state index >= 15 is 0 Å². The molecule has 1 rings (SSSR count).